The monoisotopic (exact) mass is 309 g/mol. The highest BCUT2D eigenvalue weighted by Gasteiger charge is 2.09. The van der Waals surface area contributed by atoms with Gasteiger partial charge in [0.2, 0.25) is 0 Å². The highest BCUT2D eigenvalue weighted by molar-refractivity contribution is 5.97. The molecule has 23 heavy (non-hydrogen) atoms. The van der Waals surface area contributed by atoms with Crippen molar-refractivity contribution in [2.45, 2.75) is 6.54 Å². The number of anilines is 1. The lowest BCUT2D eigenvalue weighted by Crippen LogP contribution is -2.22. The first kappa shape index (κ1) is 15.0. The Bertz CT molecular complexity index is 836. The van der Waals surface area contributed by atoms with E-state index in [0.717, 1.165) is 22.3 Å². The van der Waals surface area contributed by atoms with E-state index in [1.165, 1.54) is 0 Å². The van der Waals surface area contributed by atoms with Gasteiger partial charge in [-0.2, -0.15) is 0 Å². The van der Waals surface area contributed by atoms with E-state index in [4.69, 9.17) is 0 Å². The van der Waals surface area contributed by atoms with Crippen LogP contribution in [0.3, 0.4) is 0 Å². The largest absolute Gasteiger partial charge is 0.378 e. The van der Waals surface area contributed by atoms with Crippen molar-refractivity contribution in [2.75, 3.05) is 19.0 Å². The maximum absolute atomic E-state index is 12.3. The fourth-order valence-corrected chi connectivity index (χ4v) is 2.38. The quantitative estimate of drug-likeness (QED) is 0.800. The van der Waals surface area contributed by atoms with E-state index in [-0.39, 0.29) is 5.91 Å². The summed E-state index contributed by atoms with van der Waals surface area (Å²) in [7, 11) is 5.82. The van der Waals surface area contributed by atoms with Crippen molar-refractivity contribution in [1.29, 1.82) is 0 Å². The molecule has 1 N–H and O–H groups in total. The molecule has 0 radical (unpaired) electrons. The number of carbonyl (C=O) groups is 1. The molecule has 0 atom stereocenters. The Morgan fingerprint density at radius 2 is 1.91 bits per heavy atom. The Kier molecular flexibility index (Phi) is 3.97. The molecule has 1 aromatic heterocycles. The third-order valence-corrected chi connectivity index (χ3v) is 3.78. The smallest absolute Gasteiger partial charge is 0.251 e. The van der Waals surface area contributed by atoms with Gasteiger partial charge in [0, 0.05) is 38.9 Å². The number of hydrogen-bond donors (Lipinski definition) is 1. The molecule has 6 nitrogen and oxygen atoms in total. The second-order valence-corrected chi connectivity index (χ2v) is 5.66. The summed E-state index contributed by atoms with van der Waals surface area (Å²) < 4.78 is 1.68. The van der Waals surface area contributed by atoms with E-state index in [1.807, 2.05) is 56.4 Å². The average molecular weight is 309 g/mol. The minimum absolute atomic E-state index is 0.116. The van der Waals surface area contributed by atoms with Crippen molar-refractivity contribution in [1.82, 2.24) is 20.3 Å². The van der Waals surface area contributed by atoms with Crippen LogP contribution in [0.25, 0.3) is 11.0 Å². The van der Waals surface area contributed by atoms with Crippen molar-refractivity contribution in [2.24, 2.45) is 7.05 Å². The van der Waals surface area contributed by atoms with Crippen molar-refractivity contribution in [3.05, 3.63) is 53.6 Å². The van der Waals surface area contributed by atoms with Crippen LogP contribution < -0.4 is 10.2 Å². The van der Waals surface area contributed by atoms with Crippen LogP contribution in [-0.4, -0.2) is 35.0 Å². The molecule has 2 aromatic carbocycles. The Labute approximate surface area is 134 Å². The maximum atomic E-state index is 12.3. The molecule has 118 valence electrons. The first-order chi connectivity index (χ1) is 11.0. The van der Waals surface area contributed by atoms with Crippen LogP contribution in [-0.2, 0) is 13.6 Å². The number of benzene rings is 2. The van der Waals surface area contributed by atoms with Gasteiger partial charge in [-0.3, -0.25) is 4.79 Å². The van der Waals surface area contributed by atoms with Crippen LogP contribution in [0.2, 0.25) is 0 Å². The van der Waals surface area contributed by atoms with Crippen molar-refractivity contribution in [3.63, 3.8) is 0 Å². The lowest BCUT2D eigenvalue weighted by Gasteiger charge is -2.13. The van der Waals surface area contributed by atoms with Crippen LogP contribution in [0, 0.1) is 0 Å². The molecule has 3 rings (SSSR count). The fraction of sp³-hybridized carbons (Fsp3) is 0.235. The summed E-state index contributed by atoms with van der Waals surface area (Å²) in [5.74, 6) is -0.116. The van der Waals surface area contributed by atoms with E-state index in [0.29, 0.717) is 12.1 Å². The average Bonchev–Trinajstić information content (AvgIpc) is 2.93. The third-order valence-electron chi connectivity index (χ3n) is 3.78. The summed E-state index contributed by atoms with van der Waals surface area (Å²) in [5.41, 5.74) is 4.40. The lowest BCUT2D eigenvalue weighted by atomic mass is 10.1. The molecular formula is C17H19N5O. The first-order valence-electron chi connectivity index (χ1n) is 7.38. The zero-order valence-corrected chi connectivity index (χ0v) is 13.4. The Hall–Kier alpha value is -2.89. The molecule has 0 unspecified atom stereocenters. The number of hydrogen-bond acceptors (Lipinski definition) is 4. The van der Waals surface area contributed by atoms with E-state index in [2.05, 4.69) is 15.6 Å². The van der Waals surface area contributed by atoms with Gasteiger partial charge in [0.25, 0.3) is 5.91 Å². The molecule has 1 amide bonds. The zero-order valence-electron chi connectivity index (χ0n) is 13.4. The van der Waals surface area contributed by atoms with Gasteiger partial charge < -0.3 is 10.2 Å². The number of aryl methyl sites for hydroxylation is 1. The van der Waals surface area contributed by atoms with Gasteiger partial charge in [0.1, 0.15) is 5.52 Å². The Balaban J connectivity index is 1.68. The van der Waals surface area contributed by atoms with Gasteiger partial charge in [-0.05, 0) is 35.9 Å². The molecule has 1 heterocycles. The molecule has 3 aromatic rings. The van der Waals surface area contributed by atoms with E-state index in [1.54, 1.807) is 16.8 Å². The Morgan fingerprint density at radius 3 is 2.61 bits per heavy atom. The summed E-state index contributed by atoms with van der Waals surface area (Å²) in [5, 5.41) is 10.9. The van der Waals surface area contributed by atoms with Gasteiger partial charge in [0.15, 0.2) is 0 Å². The number of nitrogens with one attached hydrogen (secondary N) is 1. The summed E-state index contributed by atoms with van der Waals surface area (Å²) in [6.07, 6.45) is 0. The summed E-state index contributed by atoms with van der Waals surface area (Å²) in [4.78, 5) is 14.3. The predicted molar refractivity (Wildman–Crippen MR) is 90.4 cm³/mol. The molecule has 0 fully saturated rings. The van der Waals surface area contributed by atoms with E-state index in [9.17, 15) is 4.79 Å². The number of carbonyl (C=O) groups excluding carboxylic acids is 1. The second-order valence-electron chi connectivity index (χ2n) is 5.66. The summed E-state index contributed by atoms with van der Waals surface area (Å²) in [6.45, 7) is 0.491. The van der Waals surface area contributed by atoms with Crippen molar-refractivity contribution < 1.29 is 4.79 Å². The van der Waals surface area contributed by atoms with Crippen LogP contribution in [0.5, 0.6) is 0 Å². The van der Waals surface area contributed by atoms with Gasteiger partial charge in [0.05, 0.1) is 5.52 Å². The lowest BCUT2D eigenvalue weighted by molar-refractivity contribution is 0.0951. The highest BCUT2D eigenvalue weighted by atomic mass is 16.1. The number of amides is 1. The summed E-state index contributed by atoms with van der Waals surface area (Å²) in [6, 6.07) is 13.5. The third kappa shape index (κ3) is 3.15. The normalized spacial score (nSPS) is 10.7. The van der Waals surface area contributed by atoms with Crippen LogP contribution in [0.15, 0.2) is 42.5 Å². The van der Waals surface area contributed by atoms with Crippen molar-refractivity contribution >= 4 is 22.6 Å². The molecule has 0 aliphatic heterocycles. The fourth-order valence-electron chi connectivity index (χ4n) is 2.38. The minimum Gasteiger partial charge on any atom is -0.378 e. The maximum Gasteiger partial charge on any atom is 0.251 e. The van der Waals surface area contributed by atoms with Gasteiger partial charge in [-0.25, -0.2) is 4.68 Å². The topological polar surface area (TPSA) is 63.1 Å². The standard InChI is InChI=1S/C17H19N5O/c1-21(2)14-7-4-12(5-8-14)11-18-17(23)13-6-9-16-15(10-13)19-20-22(16)3/h4-10H,11H2,1-3H3,(H,18,23). The van der Waals surface area contributed by atoms with E-state index >= 15 is 0 Å². The molecule has 0 bridgehead atoms. The molecule has 0 aliphatic rings. The molecule has 6 heteroatoms. The van der Waals surface area contributed by atoms with Crippen LogP contribution >= 0.6 is 0 Å². The van der Waals surface area contributed by atoms with Gasteiger partial charge in [-0.15, -0.1) is 5.10 Å². The second kappa shape index (κ2) is 6.08. The number of aromatic nitrogens is 3. The molecule has 0 saturated heterocycles. The SMILES string of the molecule is CN(C)c1ccc(CNC(=O)c2ccc3c(c2)nnn3C)cc1. The molecule has 0 saturated carbocycles. The number of fused-ring (bicyclic) bond motifs is 1. The van der Waals surface area contributed by atoms with Crippen LogP contribution in [0.1, 0.15) is 15.9 Å². The summed E-state index contributed by atoms with van der Waals surface area (Å²) >= 11 is 0. The highest BCUT2D eigenvalue weighted by Crippen LogP contribution is 2.14. The molecule has 0 aliphatic carbocycles. The van der Waals surface area contributed by atoms with Crippen LogP contribution in [0.4, 0.5) is 5.69 Å². The number of rotatable bonds is 4. The minimum atomic E-state index is -0.116. The molecular weight excluding hydrogens is 290 g/mol. The van der Waals surface area contributed by atoms with E-state index < -0.39 is 0 Å². The zero-order chi connectivity index (χ0) is 16.4. The van der Waals surface area contributed by atoms with Gasteiger partial charge in [-0.1, -0.05) is 17.3 Å². The predicted octanol–water partition coefficient (Wildman–Crippen LogP) is 1.96. The first-order valence-corrected chi connectivity index (χ1v) is 7.38. The number of nitrogens with zero attached hydrogens (tertiary/aromatic N) is 4. The molecule has 0 spiro atoms. The Morgan fingerprint density at radius 1 is 1.17 bits per heavy atom. The van der Waals surface area contributed by atoms with Crippen molar-refractivity contribution in [3.8, 4) is 0 Å². The van der Waals surface area contributed by atoms with Gasteiger partial charge >= 0.3 is 0 Å².